The van der Waals surface area contributed by atoms with Crippen LogP contribution < -0.4 is 16.4 Å². The van der Waals surface area contributed by atoms with Gasteiger partial charge in [0.15, 0.2) is 6.61 Å². The molecule has 2 rings (SSSR count). The summed E-state index contributed by atoms with van der Waals surface area (Å²) in [5, 5.41) is 4.77. The summed E-state index contributed by atoms with van der Waals surface area (Å²) >= 11 is 0. The Hall–Kier alpha value is -2.70. The van der Waals surface area contributed by atoms with Gasteiger partial charge in [0.2, 0.25) is 10.0 Å². The van der Waals surface area contributed by atoms with Crippen LogP contribution in [-0.2, 0) is 29.1 Å². The Morgan fingerprint density at radius 2 is 1.77 bits per heavy atom. The number of carbonyl (C=O) groups is 3. The molecule has 1 aliphatic heterocycles. The van der Waals surface area contributed by atoms with Crippen molar-refractivity contribution in [1.29, 1.82) is 0 Å². The van der Waals surface area contributed by atoms with Crippen molar-refractivity contribution in [3.05, 3.63) is 24.3 Å². The fourth-order valence-corrected chi connectivity index (χ4v) is 4.13. The number of hydrogen-bond acceptors (Lipinski definition) is 7. The first-order valence-corrected chi connectivity index (χ1v) is 10.8. The Balaban J connectivity index is 1.91. The lowest BCUT2D eigenvalue weighted by Gasteiger charge is -2.26. The standard InChI is InChI=1S/C18H26N4O7S/c1-12(2)16(21-18(19)25)17(24)29-11-15(23)20-13-3-5-14(6-4-13)30(26,27)22-7-9-28-10-8-22/h3-6,12,16H,7-11H2,1-2H3,(H,20,23)(H3,19,21,25). The molecule has 4 N–H and O–H groups in total. The second kappa shape index (κ2) is 10.4. The number of rotatable bonds is 8. The SMILES string of the molecule is CC(C)C(NC(N)=O)C(=O)OCC(=O)Nc1ccc(S(=O)(=O)N2CCOCC2)cc1. The highest BCUT2D eigenvalue weighted by Gasteiger charge is 2.27. The van der Waals surface area contributed by atoms with Gasteiger partial charge < -0.3 is 25.8 Å². The molecule has 1 aliphatic rings. The van der Waals surface area contributed by atoms with Crippen LogP contribution in [0.2, 0.25) is 0 Å². The highest BCUT2D eigenvalue weighted by Crippen LogP contribution is 2.19. The Labute approximate surface area is 174 Å². The second-order valence-corrected chi connectivity index (χ2v) is 8.86. The van der Waals surface area contributed by atoms with E-state index in [4.69, 9.17) is 15.2 Å². The number of nitrogens with two attached hydrogens (primary N) is 1. The van der Waals surface area contributed by atoms with Crippen molar-refractivity contribution < 1.29 is 32.3 Å². The quantitative estimate of drug-likeness (QED) is 0.474. The number of carbonyl (C=O) groups excluding carboxylic acids is 3. The van der Waals surface area contributed by atoms with Gasteiger partial charge in [-0.15, -0.1) is 0 Å². The van der Waals surface area contributed by atoms with Crippen molar-refractivity contribution >= 4 is 33.6 Å². The molecule has 1 fully saturated rings. The zero-order valence-electron chi connectivity index (χ0n) is 16.8. The molecule has 3 amide bonds. The topological polar surface area (TPSA) is 157 Å². The van der Waals surface area contributed by atoms with Crippen molar-refractivity contribution in [1.82, 2.24) is 9.62 Å². The molecule has 30 heavy (non-hydrogen) atoms. The molecular formula is C18H26N4O7S. The van der Waals surface area contributed by atoms with E-state index in [0.717, 1.165) is 0 Å². The molecule has 1 saturated heterocycles. The number of benzene rings is 1. The lowest BCUT2D eigenvalue weighted by molar-refractivity contribution is -0.150. The molecule has 0 saturated carbocycles. The van der Waals surface area contributed by atoms with Crippen LogP contribution in [0.15, 0.2) is 29.2 Å². The van der Waals surface area contributed by atoms with Gasteiger partial charge in [-0.2, -0.15) is 4.31 Å². The largest absolute Gasteiger partial charge is 0.454 e. The van der Waals surface area contributed by atoms with E-state index in [1.807, 2.05) is 0 Å². The molecule has 1 aromatic rings. The highest BCUT2D eigenvalue weighted by atomic mass is 32.2. The third kappa shape index (κ3) is 6.40. The number of urea groups is 1. The van der Waals surface area contributed by atoms with Crippen LogP contribution in [-0.4, -0.2) is 69.6 Å². The molecule has 1 unspecified atom stereocenters. The van der Waals surface area contributed by atoms with Crippen molar-refractivity contribution in [3.8, 4) is 0 Å². The van der Waals surface area contributed by atoms with Crippen molar-refractivity contribution in [2.75, 3.05) is 38.2 Å². The summed E-state index contributed by atoms with van der Waals surface area (Å²) in [7, 11) is -3.63. The van der Waals surface area contributed by atoms with Gasteiger partial charge in [0.05, 0.1) is 18.1 Å². The summed E-state index contributed by atoms with van der Waals surface area (Å²) in [6, 6.07) is 3.81. The van der Waals surface area contributed by atoms with Gasteiger partial charge in [0.1, 0.15) is 6.04 Å². The van der Waals surface area contributed by atoms with Gasteiger partial charge in [0.25, 0.3) is 5.91 Å². The number of ether oxygens (including phenoxy) is 2. The average molecular weight is 442 g/mol. The summed E-state index contributed by atoms with van der Waals surface area (Å²) in [5.74, 6) is -1.69. The number of primary amides is 1. The smallest absolute Gasteiger partial charge is 0.329 e. The highest BCUT2D eigenvalue weighted by molar-refractivity contribution is 7.89. The van der Waals surface area contributed by atoms with Crippen LogP contribution >= 0.6 is 0 Å². The van der Waals surface area contributed by atoms with Gasteiger partial charge in [-0.25, -0.2) is 18.0 Å². The minimum absolute atomic E-state index is 0.103. The molecule has 0 aliphatic carbocycles. The molecule has 11 nitrogen and oxygen atoms in total. The molecule has 1 aromatic carbocycles. The normalized spacial score (nSPS) is 16.0. The van der Waals surface area contributed by atoms with Crippen LogP contribution in [0.25, 0.3) is 0 Å². The number of nitrogens with one attached hydrogen (secondary N) is 2. The molecular weight excluding hydrogens is 416 g/mol. The summed E-state index contributed by atoms with van der Waals surface area (Å²) in [6.07, 6.45) is 0. The first-order valence-electron chi connectivity index (χ1n) is 9.31. The lowest BCUT2D eigenvalue weighted by Crippen LogP contribution is -2.47. The molecule has 0 bridgehead atoms. The monoisotopic (exact) mass is 442 g/mol. The maximum Gasteiger partial charge on any atom is 0.329 e. The van der Waals surface area contributed by atoms with E-state index >= 15 is 0 Å². The van der Waals surface area contributed by atoms with Gasteiger partial charge >= 0.3 is 12.0 Å². The van der Waals surface area contributed by atoms with E-state index in [-0.39, 0.29) is 23.9 Å². The first kappa shape index (κ1) is 23.6. The van der Waals surface area contributed by atoms with E-state index in [1.54, 1.807) is 13.8 Å². The van der Waals surface area contributed by atoms with E-state index < -0.39 is 40.6 Å². The first-order chi connectivity index (χ1) is 14.1. The number of sulfonamides is 1. The van der Waals surface area contributed by atoms with Gasteiger partial charge in [-0.05, 0) is 30.2 Å². The molecule has 1 heterocycles. The van der Waals surface area contributed by atoms with Crippen LogP contribution in [0.5, 0.6) is 0 Å². The Morgan fingerprint density at radius 1 is 1.17 bits per heavy atom. The van der Waals surface area contributed by atoms with Crippen molar-refractivity contribution in [2.45, 2.75) is 24.8 Å². The van der Waals surface area contributed by atoms with E-state index in [2.05, 4.69) is 10.6 Å². The van der Waals surface area contributed by atoms with Crippen molar-refractivity contribution in [3.63, 3.8) is 0 Å². The Kier molecular flexibility index (Phi) is 8.15. The zero-order chi connectivity index (χ0) is 22.3. The number of morpholine rings is 1. The molecule has 0 aromatic heterocycles. The number of amides is 3. The summed E-state index contributed by atoms with van der Waals surface area (Å²) in [5.41, 5.74) is 5.37. The number of nitrogens with zero attached hydrogens (tertiary/aromatic N) is 1. The van der Waals surface area contributed by atoms with E-state index in [9.17, 15) is 22.8 Å². The summed E-state index contributed by atoms with van der Waals surface area (Å²) in [6.45, 7) is 4.07. The Bertz CT molecular complexity index is 865. The minimum atomic E-state index is -3.63. The zero-order valence-corrected chi connectivity index (χ0v) is 17.6. The lowest BCUT2D eigenvalue weighted by atomic mass is 10.1. The third-order valence-corrected chi connectivity index (χ3v) is 6.22. The molecule has 1 atom stereocenters. The maximum absolute atomic E-state index is 12.6. The van der Waals surface area contributed by atoms with E-state index in [0.29, 0.717) is 18.9 Å². The summed E-state index contributed by atoms with van der Waals surface area (Å²) in [4.78, 5) is 35.1. The van der Waals surface area contributed by atoms with Crippen molar-refractivity contribution in [2.24, 2.45) is 11.7 Å². The van der Waals surface area contributed by atoms with Crippen LogP contribution in [0, 0.1) is 5.92 Å². The predicted molar refractivity (Wildman–Crippen MR) is 107 cm³/mol. The number of anilines is 1. The maximum atomic E-state index is 12.6. The number of esters is 1. The van der Waals surface area contributed by atoms with Gasteiger partial charge in [-0.1, -0.05) is 13.8 Å². The number of hydrogen-bond donors (Lipinski definition) is 3. The molecule has 0 spiro atoms. The molecule has 166 valence electrons. The third-order valence-electron chi connectivity index (χ3n) is 4.31. The van der Waals surface area contributed by atoms with Crippen LogP contribution in [0.4, 0.5) is 10.5 Å². The fourth-order valence-electron chi connectivity index (χ4n) is 2.72. The van der Waals surface area contributed by atoms with Gasteiger partial charge in [0, 0.05) is 18.8 Å². The fraction of sp³-hybridized carbons (Fsp3) is 0.500. The van der Waals surface area contributed by atoms with Crippen LogP contribution in [0.1, 0.15) is 13.8 Å². The van der Waals surface area contributed by atoms with E-state index in [1.165, 1.54) is 28.6 Å². The Morgan fingerprint density at radius 3 is 2.30 bits per heavy atom. The minimum Gasteiger partial charge on any atom is -0.454 e. The molecule has 0 radical (unpaired) electrons. The van der Waals surface area contributed by atoms with Crippen LogP contribution in [0.3, 0.4) is 0 Å². The predicted octanol–water partition coefficient (Wildman–Crippen LogP) is -0.118. The molecule has 12 heteroatoms. The second-order valence-electron chi connectivity index (χ2n) is 6.93. The van der Waals surface area contributed by atoms with Gasteiger partial charge in [-0.3, -0.25) is 4.79 Å². The summed E-state index contributed by atoms with van der Waals surface area (Å²) < 4.78 is 36.6. The average Bonchev–Trinajstić information content (AvgIpc) is 2.71.